The summed E-state index contributed by atoms with van der Waals surface area (Å²) in [4.78, 5) is 15.6. The molecular formula is C50H57N3O4. The lowest BCUT2D eigenvalue weighted by atomic mass is 9.53. The molecule has 0 aromatic heterocycles. The van der Waals surface area contributed by atoms with E-state index in [0.29, 0.717) is 6.54 Å². The summed E-state index contributed by atoms with van der Waals surface area (Å²) in [6.07, 6.45) is 6.62. The Morgan fingerprint density at radius 3 is 2.18 bits per heavy atom. The molecule has 1 aliphatic heterocycles. The van der Waals surface area contributed by atoms with Gasteiger partial charge in [-0.15, -0.1) is 0 Å². The first kappa shape index (κ1) is 38.0. The van der Waals surface area contributed by atoms with E-state index in [9.17, 15) is 9.90 Å². The molecule has 3 N–H and O–H groups in total. The smallest absolute Gasteiger partial charge is 0.315 e. The standard InChI is InChI=1S/C50H57N3O4/c1-32-46(30-53(3)33(2)41-19-18-39-9-4-5-10-43(39)24-41)56-48(57-47(32)40-16-14-34(31-54)15-17-40)45-13-7-12-44(25-45)42-11-6-8-35(23-42)29-51-49(55)52-50-26-36-20-37(27-50)22-38(21-36)28-50/h4-19,23-25,32-33,36-38,46-48,54H,20-22,26-31H2,1-3H3,(H2,51,52,55)/t32-,33-,36?,37?,38?,46+,47+,48+,50?/m1/s1. The van der Waals surface area contributed by atoms with Crippen LogP contribution >= 0.6 is 0 Å². The summed E-state index contributed by atoms with van der Waals surface area (Å²) >= 11 is 0. The van der Waals surface area contributed by atoms with Crippen molar-refractivity contribution in [3.63, 3.8) is 0 Å². The molecule has 296 valence electrons. The Kier molecular flexibility index (Phi) is 10.7. The number of nitrogens with one attached hydrogen (secondary N) is 2. The summed E-state index contributed by atoms with van der Waals surface area (Å²) in [6, 6.07) is 40.4. The predicted molar refractivity (Wildman–Crippen MR) is 226 cm³/mol. The minimum atomic E-state index is -0.573. The first-order chi connectivity index (χ1) is 27.7. The summed E-state index contributed by atoms with van der Waals surface area (Å²) < 4.78 is 13.8. The topological polar surface area (TPSA) is 83.1 Å². The number of rotatable bonds is 11. The fraction of sp³-hybridized carbons (Fsp3) is 0.420. The van der Waals surface area contributed by atoms with E-state index in [1.165, 1.54) is 35.6 Å². The van der Waals surface area contributed by atoms with Gasteiger partial charge in [-0.05, 0) is 133 Å². The first-order valence-electron chi connectivity index (χ1n) is 21.2. The van der Waals surface area contributed by atoms with Gasteiger partial charge >= 0.3 is 6.03 Å². The van der Waals surface area contributed by atoms with Gasteiger partial charge in [-0.25, -0.2) is 4.79 Å². The molecule has 4 saturated carbocycles. The largest absolute Gasteiger partial charge is 0.392 e. The van der Waals surface area contributed by atoms with Crippen molar-refractivity contribution in [3.8, 4) is 11.1 Å². The van der Waals surface area contributed by atoms with Crippen molar-refractivity contribution < 1.29 is 19.4 Å². The Morgan fingerprint density at radius 1 is 0.772 bits per heavy atom. The number of aliphatic hydroxyl groups excluding tert-OH is 1. The molecule has 2 amide bonds. The summed E-state index contributed by atoms with van der Waals surface area (Å²) in [5, 5.41) is 18.9. The highest BCUT2D eigenvalue weighted by atomic mass is 16.7. The number of carbonyl (C=O) groups excluding carboxylic acids is 1. The van der Waals surface area contributed by atoms with Crippen molar-refractivity contribution in [2.24, 2.45) is 23.7 Å². The van der Waals surface area contributed by atoms with Gasteiger partial charge in [-0.1, -0.05) is 104 Å². The van der Waals surface area contributed by atoms with Crippen LogP contribution in [0.15, 0.2) is 115 Å². The van der Waals surface area contributed by atoms with Gasteiger partial charge in [0.05, 0.1) is 18.8 Å². The number of urea groups is 1. The zero-order valence-corrected chi connectivity index (χ0v) is 33.6. The van der Waals surface area contributed by atoms with E-state index in [2.05, 4.69) is 140 Å². The highest BCUT2D eigenvalue weighted by Crippen LogP contribution is 2.55. The number of carbonyl (C=O) groups is 1. The summed E-state index contributed by atoms with van der Waals surface area (Å²) in [6.45, 7) is 5.69. The summed E-state index contributed by atoms with van der Waals surface area (Å²) in [5.41, 5.74) is 7.40. The van der Waals surface area contributed by atoms with E-state index in [4.69, 9.17) is 9.47 Å². The van der Waals surface area contributed by atoms with Crippen molar-refractivity contribution in [1.82, 2.24) is 15.5 Å². The third kappa shape index (κ3) is 8.13. The normalized spacial score (nSPS) is 28.4. The second-order valence-corrected chi connectivity index (χ2v) is 17.9. The van der Waals surface area contributed by atoms with Crippen molar-refractivity contribution in [2.45, 2.75) is 95.6 Å². The molecule has 5 aromatic carbocycles. The molecule has 4 aliphatic carbocycles. The van der Waals surface area contributed by atoms with Crippen LogP contribution in [-0.4, -0.2) is 41.3 Å². The van der Waals surface area contributed by atoms with E-state index < -0.39 is 6.29 Å². The van der Waals surface area contributed by atoms with Crippen LogP contribution in [-0.2, 0) is 22.6 Å². The highest BCUT2D eigenvalue weighted by Gasteiger charge is 2.51. The first-order valence-corrected chi connectivity index (χ1v) is 21.2. The Balaban J connectivity index is 0.911. The summed E-state index contributed by atoms with van der Waals surface area (Å²) in [5.74, 6) is 2.44. The SMILES string of the molecule is C[C@@H]1[C@H](CN(C)[C@H](C)c2ccc3ccccc3c2)O[C@H](c2cccc(-c3cccc(CNC(=O)NC45CC6CC(CC(C6)C4)C5)c3)c2)O[C@@H]1c1ccc(CO)cc1. The number of amides is 2. The molecule has 0 radical (unpaired) electrons. The monoisotopic (exact) mass is 763 g/mol. The lowest BCUT2D eigenvalue weighted by molar-refractivity contribution is -0.276. The fourth-order valence-corrected chi connectivity index (χ4v) is 10.9. The van der Waals surface area contributed by atoms with Crippen LogP contribution in [0.2, 0.25) is 0 Å². The average molecular weight is 764 g/mol. The molecule has 10 rings (SSSR count). The van der Waals surface area contributed by atoms with Crippen molar-refractivity contribution in [2.75, 3.05) is 13.6 Å². The molecule has 4 bridgehead atoms. The van der Waals surface area contributed by atoms with E-state index in [1.807, 2.05) is 12.1 Å². The minimum Gasteiger partial charge on any atom is -0.392 e. The zero-order valence-electron chi connectivity index (χ0n) is 33.6. The van der Waals surface area contributed by atoms with Crippen LogP contribution in [0.25, 0.3) is 21.9 Å². The van der Waals surface area contributed by atoms with Crippen LogP contribution in [0.3, 0.4) is 0 Å². The molecule has 0 spiro atoms. The number of likely N-dealkylation sites (N-methyl/N-ethyl adjacent to an activating group) is 1. The molecule has 1 heterocycles. The van der Waals surface area contributed by atoms with E-state index in [0.717, 1.165) is 76.9 Å². The third-order valence-corrected chi connectivity index (χ3v) is 13.8. The molecule has 1 saturated heterocycles. The van der Waals surface area contributed by atoms with Gasteiger partial charge < -0.3 is 25.2 Å². The predicted octanol–water partition coefficient (Wildman–Crippen LogP) is 10.3. The second kappa shape index (κ2) is 16.0. The Labute approximate surface area is 337 Å². The quantitative estimate of drug-likeness (QED) is 0.125. The van der Waals surface area contributed by atoms with Gasteiger partial charge in [0.25, 0.3) is 0 Å². The average Bonchev–Trinajstić information content (AvgIpc) is 3.22. The molecule has 5 atom stereocenters. The molecule has 7 heteroatoms. The van der Waals surface area contributed by atoms with Crippen molar-refractivity contribution in [1.29, 1.82) is 0 Å². The number of hydrogen-bond acceptors (Lipinski definition) is 5. The van der Waals surface area contributed by atoms with Gasteiger partial charge in [0.1, 0.15) is 0 Å². The van der Waals surface area contributed by atoms with Gasteiger partial charge in [0.15, 0.2) is 6.29 Å². The van der Waals surface area contributed by atoms with E-state index in [1.54, 1.807) is 0 Å². The van der Waals surface area contributed by atoms with Crippen LogP contribution in [0.4, 0.5) is 4.79 Å². The third-order valence-electron chi connectivity index (χ3n) is 13.8. The number of hydrogen-bond donors (Lipinski definition) is 3. The van der Waals surface area contributed by atoms with Crippen LogP contribution in [0.1, 0.15) is 98.6 Å². The molecule has 0 unspecified atom stereocenters. The van der Waals surface area contributed by atoms with Gasteiger partial charge in [0, 0.05) is 36.2 Å². The molecule has 5 aromatic rings. The van der Waals surface area contributed by atoms with Crippen LogP contribution in [0.5, 0.6) is 0 Å². The number of fused-ring (bicyclic) bond motifs is 1. The molecule has 5 aliphatic rings. The fourth-order valence-electron chi connectivity index (χ4n) is 10.9. The molecule has 5 fully saturated rings. The number of benzene rings is 5. The van der Waals surface area contributed by atoms with Crippen LogP contribution in [0, 0.1) is 23.7 Å². The molecular weight excluding hydrogens is 707 g/mol. The Hall–Kier alpha value is -4.53. The Morgan fingerprint density at radius 2 is 1.46 bits per heavy atom. The zero-order chi connectivity index (χ0) is 39.1. The maximum absolute atomic E-state index is 13.2. The lowest BCUT2D eigenvalue weighted by Crippen LogP contribution is -2.61. The molecule has 7 nitrogen and oxygen atoms in total. The minimum absolute atomic E-state index is 0.00599. The van der Waals surface area contributed by atoms with E-state index >= 15 is 0 Å². The van der Waals surface area contributed by atoms with E-state index in [-0.39, 0.29) is 42.3 Å². The maximum Gasteiger partial charge on any atom is 0.315 e. The van der Waals surface area contributed by atoms with Gasteiger partial charge in [0.2, 0.25) is 0 Å². The van der Waals surface area contributed by atoms with Crippen molar-refractivity contribution >= 4 is 16.8 Å². The number of aliphatic hydroxyl groups is 1. The molecule has 57 heavy (non-hydrogen) atoms. The van der Waals surface area contributed by atoms with Crippen molar-refractivity contribution in [3.05, 3.63) is 143 Å². The van der Waals surface area contributed by atoms with Crippen LogP contribution < -0.4 is 10.6 Å². The second-order valence-electron chi connectivity index (χ2n) is 17.9. The highest BCUT2D eigenvalue weighted by molar-refractivity contribution is 5.83. The maximum atomic E-state index is 13.2. The lowest BCUT2D eigenvalue weighted by Gasteiger charge is -2.56. The van der Waals surface area contributed by atoms with Gasteiger partial charge in [-0.3, -0.25) is 4.90 Å². The number of nitrogens with zero attached hydrogens (tertiary/aromatic N) is 1. The van der Waals surface area contributed by atoms with Gasteiger partial charge in [-0.2, -0.15) is 0 Å². The summed E-state index contributed by atoms with van der Waals surface area (Å²) in [7, 11) is 2.18. The number of ether oxygens (including phenoxy) is 2. The Bertz CT molecular complexity index is 2170.